The molecule has 0 bridgehead atoms. The van der Waals surface area contributed by atoms with E-state index in [-0.39, 0.29) is 23.7 Å². The van der Waals surface area contributed by atoms with Crippen molar-refractivity contribution in [3.8, 4) is 0 Å². The van der Waals surface area contributed by atoms with Gasteiger partial charge in [-0.1, -0.05) is 25.0 Å². The number of carbonyl (C=O) groups is 3. The summed E-state index contributed by atoms with van der Waals surface area (Å²) in [4.78, 5) is 38.1. The van der Waals surface area contributed by atoms with Gasteiger partial charge in [0.2, 0.25) is 11.8 Å². The monoisotopic (exact) mass is 465 g/mol. The first kappa shape index (κ1) is 24.2. The molecule has 10 heteroatoms. The van der Waals surface area contributed by atoms with Gasteiger partial charge in [-0.15, -0.1) is 0 Å². The molecule has 33 heavy (non-hydrogen) atoms. The zero-order valence-corrected chi connectivity index (χ0v) is 17.7. The molecule has 176 valence electrons. The van der Waals surface area contributed by atoms with Gasteiger partial charge in [-0.2, -0.15) is 13.2 Å². The highest BCUT2D eigenvalue weighted by atomic mass is 19.4. The minimum atomic E-state index is -4.84. The normalized spacial score (nSPS) is 14.9. The first-order chi connectivity index (χ1) is 15.6. The number of nitrogens with one attached hydrogen (secondary N) is 2. The molecule has 0 saturated carbocycles. The van der Waals surface area contributed by atoms with Crippen molar-refractivity contribution in [2.75, 3.05) is 23.7 Å². The van der Waals surface area contributed by atoms with Crippen molar-refractivity contribution in [2.24, 2.45) is 0 Å². The van der Waals surface area contributed by atoms with Crippen LogP contribution < -0.4 is 10.6 Å². The SMILES string of the molecule is O=C(CN1CCCCCCC1=O)Nc1ccc(NC(=O)c2ccccc2F)cc1C(F)(F)F. The number of amides is 3. The molecular formula is C23H23F4N3O3. The van der Waals surface area contributed by atoms with E-state index in [9.17, 15) is 31.9 Å². The van der Waals surface area contributed by atoms with E-state index in [2.05, 4.69) is 10.6 Å². The lowest BCUT2D eigenvalue weighted by Crippen LogP contribution is -2.39. The van der Waals surface area contributed by atoms with Gasteiger partial charge in [-0.25, -0.2) is 4.39 Å². The zero-order valence-electron chi connectivity index (χ0n) is 17.7. The van der Waals surface area contributed by atoms with Gasteiger partial charge in [0.1, 0.15) is 5.82 Å². The number of halogens is 4. The average Bonchev–Trinajstić information content (AvgIpc) is 2.74. The fourth-order valence-corrected chi connectivity index (χ4v) is 3.55. The van der Waals surface area contributed by atoms with Crippen LogP contribution in [0.2, 0.25) is 0 Å². The van der Waals surface area contributed by atoms with Crippen LogP contribution in [0.3, 0.4) is 0 Å². The highest BCUT2D eigenvalue weighted by Crippen LogP contribution is 2.36. The highest BCUT2D eigenvalue weighted by molar-refractivity contribution is 6.04. The van der Waals surface area contributed by atoms with Gasteiger partial charge >= 0.3 is 6.18 Å². The van der Waals surface area contributed by atoms with Crippen molar-refractivity contribution >= 4 is 29.1 Å². The predicted octanol–water partition coefficient (Wildman–Crippen LogP) is 4.83. The summed E-state index contributed by atoms with van der Waals surface area (Å²) in [5.74, 6) is -2.67. The fourth-order valence-electron chi connectivity index (χ4n) is 3.55. The summed E-state index contributed by atoms with van der Waals surface area (Å²) < 4.78 is 54.7. The first-order valence-electron chi connectivity index (χ1n) is 10.5. The molecule has 1 aliphatic rings. The van der Waals surface area contributed by atoms with E-state index < -0.39 is 35.1 Å². The molecule has 2 aromatic carbocycles. The number of alkyl halides is 3. The third kappa shape index (κ3) is 6.53. The topological polar surface area (TPSA) is 78.5 Å². The molecule has 2 aromatic rings. The second kappa shape index (κ2) is 10.5. The molecule has 6 nitrogen and oxygen atoms in total. The van der Waals surface area contributed by atoms with Crippen molar-refractivity contribution in [3.63, 3.8) is 0 Å². The number of rotatable bonds is 5. The number of benzene rings is 2. The third-order valence-corrected chi connectivity index (χ3v) is 5.23. The Morgan fingerprint density at radius 1 is 0.970 bits per heavy atom. The van der Waals surface area contributed by atoms with Crippen LogP contribution in [0.5, 0.6) is 0 Å². The van der Waals surface area contributed by atoms with E-state index in [1.54, 1.807) is 0 Å². The Balaban J connectivity index is 1.75. The van der Waals surface area contributed by atoms with E-state index >= 15 is 0 Å². The maximum atomic E-state index is 13.8. The molecule has 3 rings (SSSR count). The summed E-state index contributed by atoms with van der Waals surface area (Å²) in [6.45, 7) is 0.0291. The molecular weight excluding hydrogens is 442 g/mol. The number of hydrogen-bond donors (Lipinski definition) is 2. The third-order valence-electron chi connectivity index (χ3n) is 5.23. The fraction of sp³-hybridized carbons (Fsp3) is 0.348. The molecule has 0 radical (unpaired) electrons. The van der Waals surface area contributed by atoms with Gasteiger partial charge in [0, 0.05) is 18.7 Å². The summed E-state index contributed by atoms with van der Waals surface area (Å²) in [6, 6.07) is 7.91. The van der Waals surface area contributed by atoms with Crippen molar-refractivity contribution in [1.29, 1.82) is 0 Å². The lowest BCUT2D eigenvalue weighted by Gasteiger charge is -2.24. The Morgan fingerprint density at radius 2 is 1.70 bits per heavy atom. The molecule has 1 saturated heterocycles. The summed E-state index contributed by atoms with van der Waals surface area (Å²) in [6.07, 6.45) is -1.24. The summed E-state index contributed by atoms with van der Waals surface area (Å²) >= 11 is 0. The summed E-state index contributed by atoms with van der Waals surface area (Å²) in [5, 5.41) is 4.45. The molecule has 2 N–H and O–H groups in total. The number of hydrogen-bond acceptors (Lipinski definition) is 3. The van der Waals surface area contributed by atoms with Crippen LogP contribution in [-0.2, 0) is 15.8 Å². The Labute approximate surface area is 188 Å². The van der Waals surface area contributed by atoms with Crippen LogP contribution >= 0.6 is 0 Å². The number of nitrogens with zero attached hydrogens (tertiary/aromatic N) is 1. The first-order valence-corrected chi connectivity index (χ1v) is 10.5. The maximum absolute atomic E-state index is 13.8. The van der Waals surface area contributed by atoms with E-state index in [1.165, 1.54) is 29.2 Å². The maximum Gasteiger partial charge on any atom is 0.418 e. The highest BCUT2D eigenvalue weighted by Gasteiger charge is 2.34. The van der Waals surface area contributed by atoms with Gasteiger partial charge in [-0.05, 0) is 43.2 Å². The smallest absolute Gasteiger partial charge is 0.333 e. The second-order valence-corrected chi connectivity index (χ2v) is 7.72. The van der Waals surface area contributed by atoms with Crippen LogP contribution in [0.4, 0.5) is 28.9 Å². The number of anilines is 2. The van der Waals surface area contributed by atoms with Gasteiger partial charge in [0.05, 0.1) is 23.4 Å². The van der Waals surface area contributed by atoms with Crippen LogP contribution in [0.25, 0.3) is 0 Å². The predicted molar refractivity (Wildman–Crippen MR) is 114 cm³/mol. The lowest BCUT2D eigenvalue weighted by atomic mass is 10.1. The van der Waals surface area contributed by atoms with Gasteiger partial charge in [-0.3, -0.25) is 14.4 Å². The summed E-state index contributed by atoms with van der Waals surface area (Å²) in [5.41, 5.74) is -2.22. The largest absolute Gasteiger partial charge is 0.418 e. The number of likely N-dealkylation sites (tertiary alicyclic amines) is 1. The summed E-state index contributed by atoms with van der Waals surface area (Å²) in [7, 11) is 0. The van der Waals surface area contributed by atoms with Crippen LogP contribution in [0.1, 0.15) is 48.0 Å². The zero-order chi connectivity index (χ0) is 24.0. The van der Waals surface area contributed by atoms with Crippen LogP contribution in [-0.4, -0.2) is 35.7 Å². The molecule has 0 aliphatic carbocycles. The van der Waals surface area contributed by atoms with Gasteiger partial charge in [0.25, 0.3) is 5.91 Å². The minimum Gasteiger partial charge on any atom is -0.333 e. The van der Waals surface area contributed by atoms with E-state index in [4.69, 9.17) is 0 Å². The van der Waals surface area contributed by atoms with Gasteiger partial charge in [0.15, 0.2) is 0 Å². The Hall–Kier alpha value is -3.43. The molecule has 1 aliphatic heterocycles. The number of carbonyl (C=O) groups excluding carboxylic acids is 3. The standard InChI is InChI=1S/C23H23F4N3O3/c24-18-8-5-4-7-16(18)22(33)28-15-10-11-19(17(13-15)23(25,26)27)29-20(31)14-30-12-6-2-1-3-9-21(30)32/h4-5,7-8,10-11,13H,1-3,6,9,12,14H2,(H,28,33)(H,29,31). The second-order valence-electron chi connectivity index (χ2n) is 7.72. The average molecular weight is 465 g/mol. The Kier molecular flexibility index (Phi) is 7.67. The van der Waals surface area contributed by atoms with Crippen molar-refractivity contribution in [2.45, 2.75) is 38.3 Å². The molecule has 1 heterocycles. The van der Waals surface area contributed by atoms with Gasteiger partial charge < -0.3 is 15.5 Å². The van der Waals surface area contributed by atoms with E-state index in [0.717, 1.165) is 37.8 Å². The van der Waals surface area contributed by atoms with E-state index in [1.807, 2.05) is 0 Å². The molecule has 1 fully saturated rings. The van der Waals surface area contributed by atoms with Crippen molar-refractivity contribution < 1.29 is 31.9 Å². The Morgan fingerprint density at radius 3 is 2.42 bits per heavy atom. The molecule has 0 spiro atoms. The molecule has 0 unspecified atom stereocenters. The molecule has 0 aromatic heterocycles. The quantitative estimate of drug-likeness (QED) is 0.621. The van der Waals surface area contributed by atoms with Crippen LogP contribution in [0, 0.1) is 5.82 Å². The Bertz CT molecular complexity index is 1040. The van der Waals surface area contributed by atoms with E-state index in [0.29, 0.717) is 19.0 Å². The molecule has 0 atom stereocenters. The van der Waals surface area contributed by atoms with Crippen molar-refractivity contribution in [3.05, 3.63) is 59.4 Å². The van der Waals surface area contributed by atoms with Crippen molar-refractivity contribution in [1.82, 2.24) is 4.90 Å². The lowest BCUT2D eigenvalue weighted by molar-refractivity contribution is -0.137. The van der Waals surface area contributed by atoms with Crippen LogP contribution in [0.15, 0.2) is 42.5 Å². The molecule has 3 amide bonds. The minimum absolute atomic E-state index is 0.202.